The highest BCUT2D eigenvalue weighted by Crippen LogP contribution is 2.32. The standard InChI is InChI=1S/C17H22N4O5/c1-24-15-11-13-3-4-17(18-14(13)12-16(15)25-2)20-7-5-19(6-8-20)9-10-26-21(22)23/h3-4,11-12H,5-10H2,1-2H3. The molecule has 0 bridgehead atoms. The number of hydrogen-bond acceptors (Lipinski definition) is 8. The summed E-state index contributed by atoms with van der Waals surface area (Å²) in [4.78, 5) is 23.7. The maximum atomic E-state index is 10.2. The molecule has 9 heteroatoms. The van der Waals surface area contributed by atoms with Crippen molar-refractivity contribution >= 4 is 16.7 Å². The topological polar surface area (TPSA) is 90.2 Å². The van der Waals surface area contributed by atoms with Crippen LogP contribution < -0.4 is 14.4 Å². The molecule has 0 spiro atoms. The SMILES string of the molecule is COc1cc2ccc(N3CCN(CCO[N+](=O)[O-])CC3)nc2cc1OC. The molecule has 1 aliphatic heterocycles. The van der Waals surface area contributed by atoms with Crippen molar-refractivity contribution in [2.75, 3.05) is 58.5 Å². The highest BCUT2D eigenvalue weighted by molar-refractivity contribution is 5.84. The maximum Gasteiger partial charge on any atom is 0.294 e. The lowest BCUT2D eigenvalue weighted by Crippen LogP contribution is -2.47. The summed E-state index contributed by atoms with van der Waals surface area (Å²) in [7, 11) is 3.22. The van der Waals surface area contributed by atoms with Gasteiger partial charge in [-0.1, -0.05) is 0 Å². The van der Waals surface area contributed by atoms with E-state index < -0.39 is 5.09 Å². The Balaban J connectivity index is 1.66. The number of rotatable bonds is 7. The lowest BCUT2D eigenvalue weighted by Gasteiger charge is -2.35. The van der Waals surface area contributed by atoms with Gasteiger partial charge in [0.1, 0.15) is 12.4 Å². The maximum absolute atomic E-state index is 10.2. The van der Waals surface area contributed by atoms with Gasteiger partial charge in [-0.2, -0.15) is 0 Å². The Morgan fingerprint density at radius 1 is 1.12 bits per heavy atom. The highest BCUT2D eigenvalue weighted by atomic mass is 16.9. The Bertz CT molecular complexity index is 777. The minimum Gasteiger partial charge on any atom is -0.493 e. The fourth-order valence-electron chi connectivity index (χ4n) is 3.06. The Kier molecular flexibility index (Phi) is 5.57. The first-order valence-corrected chi connectivity index (χ1v) is 8.38. The average Bonchev–Trinajstić information content (AvgIpc) is 2.66. The van der Waals surface area contributed by atoms with Gasteiger partial charge in [-0.3, -0.25) is 4.90 Å². The molecule has 2 heterocycles. The smallest absolute Gasteiger partial charge is 0.294 e. The summed E-state index contributed by atoms with van der Waals surface area (Å²) >= 11 is 0. The molecule has 0 unspecified atom stereocenters. The molecule has 0 radical (unpaired) electrons. The van der Waals surface area contributed by atoms with Crippen molar-refractivity contribution in [3.63, 3.8) is 0 Å². The van der Waals surface area contributed by atoms with E-state index >= 15 is 0 Å². The predicted molar refractivity (Wildman–Crippen MR) is 96.4 cm³/mol. The zero-order valence-corrected chi connectivity index (χ0v) is 14.9. The van der Waals surface area contributed by atoms with Crippen LogP contribution in [0, 0.1) is 10.1 Å². The summed E-state index contributed by atoms with van der Waals surface area (Å²) < 4.78 is 10.7. The average molecular weight is 362 g/mol. The Hall–Kier alpha value is -2.81. The van der Waals surface area contributed by atoms with Crippen LogP contribution in [0.15, 0.2) is 24.3 Å². The first kappa shape index (κ1) is 18.0. The van der Waals surface area contributed by atoms with Crippen molar-refractivity contribution in [2.45, 2.75) is 0 Å². The van der Waals surface area contributed by atoms with E-state index in [1.807, 2.05) is 24.3 Å². The van der Waals surface area contributed by atoms with Crippen molar-refractivity contribution in [3.8, 4) is 11.5 Å². The molecule has 0 amide bonds. The zero-order chi connectivity index (χ0) is 18.5. The highest BCUT2D eigenvalue weighted by Gasteiger charge is 2.18. The van der Waals surface area contributed by atoms with Crippen LogP contribution in [0.5, 0.6) is 11.5 Å². The number of fused-ring (bicyclic) bond motifs is 1. The molecule has 9 nitrogen and oxygen atoms in total. The molecule has 2 aromatic rings. The number of benzene rings is 1. The Labute approximate surface area is 151 Å². The molecule has 0 N–H and O–H groups in total. The van der Waals surface area contributed by atoms with Gasteiger partial charge in [0.15, 0.2) is 11.5 Å². The molecule has 1 saturated heterocycles. The first-order chi connectivity index (χ1) is 12.6. The van der Waals surface area contributed by atoms with Crippen LogP contribution in [0.25, 0.3) is 10.9 Å². The summed E-state index contributed by atoms with van der Waals surface area (Å²) in [6, 6.07) is 7.82. The number of hydrogen-bond donors (Lipinski definition) is 0. The molecule has 1 fully saturated rings. The van der Waals surface area contributed by atoms with Crippen LogP contribution >= 0.6 is 0 Å². The molecule has 0 atom stereocenters. The fourth-order valence-corrected chi connectivity index (χ4v) is 3.06. The normalized spacial score (nSPS) is 15.1. The van der Waals surface area contributed by atoms with E-state index in [1.54, 1.807) is 14.2 Å². The largest absolute Gasteiger partial charge is 0.493 e. The number of anilines is 1. The molecule has 140 valence electrons. The number of piperazine rings is 1. The van der Waals surface area contributed by atoms with Gasteiger partial charge in [-0.05, 0) is 18.2 Å². The summed E-state index contributed by atoms with van der Waals surface area (Å²) in [6.45, 7) is 3.90. The summed E-state index contributed by atoms with van der Waals surface area (Å²) in [5.74, 6) is 2.24. The van der Waals surface area contributed by atoms with E-state index in [-0.39, 0.29) is 6.61 Å². The van der Waals surface area contributed by atoms with Gasteiger partial charge in [-0.25, -0.2) is 4.98 Å². The predicted octanol–water partition coefficient (Wildman–Crippen LogP) is 1.58. The first-order valence-electron chi connectivity index (χ1n) is 8.38. The second kappa shape index (κ2) is 8.05. The van der Waals surface area contributed by atoms with Gasteiger partial charge in [0.2, 0.25) is 0 Å². The fraction of sp³-hybridized carbons (Fsp3) is 0.471. The van der Waals surface area contributed by atoms with Crippen molar-refractivity contribution in [1.82, 2.24) is 9.88 Å². The van der Waals surface area contributed by atoms with Crippen molar-refractivity contribution in [2.24, 2.45) is 0 Å². The molecule has 0 saturated carbocycles. The van der Waals surface area contributed by atoms with Crippen LogP contribution in [0.3, 0.4) is 0 Å². The summed E-state index contributed by atoms with van der Waals surface area (Å²) in [5.41, 5.74) is 0.849. The minimum absolute atomic E-state index is 0.100. The molecular formula is C17H22N4O5. The van der Waals surface area contributed by atoms with Crippen molar-refractivity contribution in [3.05, 3.63) is 34.4 Å². The van der Waals surface area contributed by atoms with Crippen LogP contribution in [0.2, 0.25) is 0 Å². The Morgan fingerprint density at radius 3 is 2.46 bits per heavy atom. The number of methoxy groups -OCH3 is 2. The van der Waals surface area contributed by atoms with Gasteiger partial charge in [0, 0.05) is 44.2 Å². The molecular weight excluding hydrogens is 340 g/mol. The van der Waals surface area contributed by atoms with Crippen molar-refractivity contribution in [1.29, 1.82) is 0 Å². The second-order valence-electron chi connectivity index (χ2n) is 5.95. The third-order valence-corrected chi connectivity index (χ3v) is 4.48. The molecule has 1 aliphatic rings. The summed E-state index contributed by atoms with van der Waals surface area (Å²) in [6.07, 6.45) is 0. The molecule has 26 heavy (non-hydrogen) atoms. The van der Waals surface area contributed by atoms with Crippen LogP contribution in [-0.2, 0) is 4.84 Å². The third kappa shape index (κ3) is 4.05. The molecule has 0 aliphatic carbocycles. The van der Waals surface area contributed by atoms with E-state index in [4.69, 9.17) is 14.5 Å². The second-order valence-corrected chi connectivity index (χ2v) is 5.95. The molecule has 1 aromatic carbocycles. The van der Waals surface area contributed by atoms with Crippen LogP contribution in [0.4, 0.5) is 5.82 Å². The molecule has 1 aromatic heterocycles. The minimum atomic E-state index is -0.751. The van der Waals surface area contributed by atoms with Crippen LogP contribution in [0.1, 0.15) is 0 Å². The lowest BCUT2D eigenvalue weighted by molar-refractivity contribution is -0.757. The van der Waals surface area contributed by atoms with Gasteiger partial charge in [0.25, 0.3) is 5.09 Å². The Morgan fingerprint density at radius 2 is 1.81 bits per heavy atom. The van der Waals surface area contributed by atoms with Gasteiger partial charge >= 0.3 is 0 Å². The quantitative estimate of drug-likeness (QED) is 0.542. The van der Waals surface area contributed by atoms with E-state index in [9.17, 15) is 10.1 Å². The van der Waals surface area contributed by atoms with Crippen molar-refractivity contribution < 1.29 is 19.4 Å². The zero-order valence-electron chi connectivity index (χ0n) is 14.9. The molecule has 3 rings (SSSR count). The van der Waals surface area contributed by atoms with Crippen LogP contribution in [-0.4, -0.2) is 68.5 Å². The summed E-state index contributed by atoms with van der Waals surface area (Å²) in [5, 5.41) is 10.4. The number of ether oxygens (including phenoxy) is 2. The van der Waals surface area contributed by atoms with E-state index in [0.29, 0.717) is 18.0 Å². The van der Waals surface area contributed by atoms with Gasteiger partial charge in [0.05, 0.1) is 19.7 Å². The van der Waals surface area contributed by atoms with E-state index in [1.165, 1.54) is 0 Å². The third-order valence-electron chi connectivity index (χ3n) is 4.48. The monoisotopic (exact) mass is 362 g/mol. The van der Waals surface area contributed by atoms with Gasteiger partial charge < -0.3 is 19.2 Å². The number of pyridine rings is 1. The number of aromatic nitrogens is 1. The lowest BCUT2D eigenvalue weighted by atomic mass is 10.2. The number of nitrogens with zero attached hydrogens (tertiary/aromatic N) is 4. The van der Waals surface area contributed by atoms with Gasteiger partial charge in [-0.15, -0.1) is 10.1 Å². The van der Waals surface area contributed by atoms with E-state index in [2.05, 4.69) is 14.6 Å². The van der Waals surface area contributed by atoms with E-state index in [0.717, 1.165) is 42.9 Å².